The smallest absolute Gasteiger partial charge is 0.140 e. The van der Waals surface area contributed by atoms with Crippen LogP contribution in [0.2, 0.25) is 0 Å². The summed E-state index contributed by atoms with van der Waals surface area (Å²) < 4.78 is 0. The van der Waals surface area contributed by atoms with Gasteiger partial charge < -0.3 is 5.11 Å². The van der Waals surface area contributed by atoms with Gasteiger partial charge in [-0.15, -0.1) is 0 Å². The minimum atomic E-state index is -0.0348. The van der Waals surface area contributed by atoms with Gasteiger partial charge in [0.15, 0.2) is 0 Å². The van der Waals surface area contributed by atoms with E-state index in [1.165, 1.54) is 0 Å². The molecule has 1 heterocycles. The van der Waals surface area contributed by atoms with E-state index >= 15 is 0 Å². The van der Waals surface area contributed by atoms with Gasteiger partial charge >= 0.3 is 0 Å². The van der Waals surface area contributed by atoms with Crippen LogP contribution in [0, 0.1) is 0 Å². The fraction of sp³-hybridized carbons (Fsp3) is 0.455. The van der Waals surface area contributed by atoms with Crippen LogP contribution in [0.4, 0.5) is 0 Å². The third kappa shape index (κ3) is 1.55. The number of aromatic nitrogens is 1. The molecule has 1 aromatic heterocycles. The fourth-order valence-corrected chi connectivity index (χ4v) is 2.05. The first-order chi connectivity index (χ1) is 6.83. The number of hydrogen-bond acceptors (Lipinski definition) is 3. The van der Waals surface area contributed by atoms with Gasteiger partial charge in [0.2, 0.25) is 0 Å². The topological polar surface area (TPSA) is 50.2 Å². The van der Waals surface area contributed by atoms with E-state index in [0.717, 1.165) is 24.0 Å². The highest BCUT2D eigenvalue weighted by Crippen LogP contribution is 2.32. The van der Waals surface area contributed by atoms with E-state index in [1.54, 1.807) is 12.4 Å². The lowest BCUT2D eigenvalue weighted by Gasteiger charge is -2.11. The van der Waals surface area contributed by atoms with Gasteiger partial charge in [-0.3, -0.25) is 9.78 Å². The highest BCUT2D eigenvalue weighted by atomic mass is 16.3. The molecule has 0 bridgehead atoms. The van der Waals surface area contributed by atoms with Gasteiger partial charge in [0.25, 0.3) is 0 Å². The number of rotatable bonds is 2. The minimum absolute atomic E-state index is 0.000139. The summed E-state index contributed by atoms with van der Waals surface area (Å²) in [6, 6.07) is 1.85. The van der Waals surface area contributed by atoms with Crippen LogP contribution in [0.1, 0.15) is 36.3 Å². The Morgan fingerprint density at radius 3 is 3.07 bits per heavy atom. The van der Waals surface area contributed by atoms with Gasteiger partial charge in [-0.05, 0) is 30.0 Å². The molecule has 3 nitrogen and oxygen atoms in total. The largest absolute Gasteiger partial charge is 0.392 e. The third-order valence-corrected chi connectivity index (χ3v) is 2.79. The lowest BCUT2D eigenvalue weighted by molar-refractivity contribution is -0.118. The summed E-state index contributed by atoms with van der Waals surface area (Å²) in [7, 11) is 0. The third-order valence-electron chi connectivity index (χ3n) is 2.79. The van der Waals surface area contributed by atoms with Gasteiger partial charge in [0.1, 0.15) is 5.78 Å². The summed E-state index contributed by atoms with van der Waals surface area (Å²) >= 11 is 0. The molecule has 1 N–H and O–H groups in total. The first-order valence-electron chi connectivity index (χ1n) is 4.89. The number of Topliss-reactive ketones (excluding diaryl/α,β-unsaturated/α-hetero) is 1. The summed E-state index contributed by atoms with van der Waals surface area (Å²) in [6.45, 7) is -0.0348. The first-order valence-corrected chi connectivity index (χ1v) is 4.89. The van der Waals surface area contributed by atoms with Crippen molar-refractivity contribution in [2.75, 3.05) is 0 Å². The number of ketones is 1. The second kappa shape index (κ2) is 3.88. The van der Waals surface area contributed by atoms with Crippen molar-refractivity contribution < 1.29 is 9.90 Å². The molecule has 1 saturated carbocycles. The average Bonchev–Trinajstić information content (AvgIpc) is 2.64. The van der Waals surface area contributed by atoms with Crippen LogP contribution in [0.3, 0.4) is 0 Å². The van der Waals surface area contributed by atoms with Crippen molar-refractivity contribution in [3.8, 4) is 0 Å². The minimum Gasteiger partial charge on any atom is -0.392 e. The van der Waals surface area contributed by atoms with Crippen molar-refractivity contribution in [2.45, 2.75) is 31.8 Å². The Balaban J connectivity index is 2.35. The molecule has 0 radical (unpaired) electrons. The molecule has 14 heavy (non-hydrogen) atoms. The van der Waals surface area contributed by atoms with Crippen LogP contribution in [0.15, 0.2) is 18.5 Å². The van der Waals surface area contributed by atoms with Crippen molar-refractivity contribution in [1.29, 1.82) is 0 Å². The Morgan fingerprint density at radius 1 is 1.57 bits per heavy atom. The van der Waals surface area contributed by atoms with E-state index in [4.69, 9.17) is 5.11 Å². The Morgan fingerprint density at radius 2 is 2.43 bits per heavy atom. The molecule has 1 aliphatic rings. The summed E-state index contributed by atoms with van der Waals surface area (Å²) in [5, 5.41) is 9.11. The van der Waals surface area contributed by atoms with E-state index < -0.39 is 0 Å². The molecule has 1 fully saturated rings. The van der Waals surface area contributed by atoms with E-state index in [0.29, 0.717) is 12.2 Å². The summed E-state index contributed by atoms with van der Waals surface area (Å²) in [5.41, 5.74) is 1.75. The van der Waals surface area contributed by atoms with Crippen LogP contribution in [-0.4, -0.2) is 15.9 Å². The van der Waals surface area contributed by atoms with Crippen molar-refractivity contribution in [3.05, 3.63) is 29.6 Å². The highest BCUT2D eigenvalue weighted by Gasteiger charge is 2.27. The molecule has 0 aliphatic heterocycles. The maximum Gasteiger partial charge on any atom is 0.140 e. The Bertz CT molecular complexity index is 349. The summed E-state index contributed by atoms with van der Waals surface area (Å²) in [4.78, 5) is 15.5. The molecule has 1 aromatic rings. The van der Waals surface area contributed by atoms with Gasteiger partial charge in [0, 0.05) is 24.7 Å². The van der Waals surface area contributed by atoms with Crippen LogP contribution < -0.4 is 0 Å². The molecule has 2 rings (SSSR count). The second-order valence-corrected chi connectivity index (χ2v) is 3.64. The lowest BCUT2D eigenvalue weighted by Crippen LogP contribution is -2.07. The number of hydrogen-bond donors (Lipinski definition) is 1. The lowest BCUT2D eigenvalue weighted by atomic mass is 9.94. The zero-order chi connectivity index (χ0) is 9.97. The number of nitrogens with zero attached hydrogens (tertiary/aromatic N) is 1. The highest BCUT2D eigenvalue weighted by molar-refractivity contribution is 5.87. The van der Waals surface area contributed by atoms with E-state index in [2.05, 4.69) is 4.98 Å². The maximum absolute atomic E-state index is 11.5. The normalized spacial score (nSPS) is 21.5. The van der Waals surface area contributed by atoms with Crippen molar-refractivity contribution in [1.82, 2.24) is 4.98 Å². The number of pyridine rings is 1. The first kappa shape index (κ1) is 9.34. The van der Waals surface area contributed by atoms with E-state index in [1.807, 2.05) is 6.07 Å². The summed E-state index contributed by atoms with van der Waals surface area (Å²) in [5.74, 6) is 0.297. The maximum atomic E-state index is 11.5. The molecule has 0 saturated heterocycles. The van der Waals surface area contributed by atoms with Gasteiger partial charge in [-0.25, -0.2) is 0 Å². The van der Waals surface area contributed by atoms with Crippen molar-refractivity contribution >= 4 is 5.78 Å². The molecule has 0 aromatic carbocycles. The molecule has 3 heteroatoms. The number of aliphatic hydroxyl groups is 1. The van der Waals surface area contributed by atoms with Gasteiger partial charge in [-0.1, -0.05) is 0 Å². The van der Waals surface area contributed by atoms with Crippen LogP contribution in [-0.2, 0) is 11.4 Å². The number of aliphatic hydroxyl groups excluding tert-OH is 1. The molecular formula is C11H13NO2. The Hall–Kier alpha value is -1.22. The number of carbonyl (C=O) groups excluding carboxylic acids is 1. The average molecular weight is 191 g/mol. The van der Waals surface area contributed by atoms with Gasteiger partial charge in [-0.2, -0.15) is 0 Å². The molecule has 1 unspecified atom stereocenters. The number of carbonyl (C=O) groups is 1. The monoisotopic (exact) mass is 191 g/mol. The predicted molar refractivity (Wildman–Crippen MR) is 51.8 cm³/mol. The second-order valence-electron chi connectivity index (χ2n) is 3.64. The zero-order valence-corrected chi connectivity index (χ0v) is 7.94. The summed E-state index contributed by atoms with van der Waals surface area (Å²) in [6.07, 6.45) is 5.88. The molecule has 1 atom stereocenters. The SMILES string of the molecule is O=C1CCCC1c1ccncc1CO. The molecule has 74 valence electrons. The van der Waals surface area contributed by atoms with Crippen molar-refractivity contribution in [3.63, 3.8) is 0 Å². The standard InChI is InChI=1S/C11H13NO2/c13-7-8-6-12-5-4-9(8)10-2-1-3-11(10)14/h4-6,10,13H,1-3,7H2. The zero-order valence-electron chi connectivity index (χ0n) is 7.94. The fourth-order valence-electron chi connectivity index (χ4n) is 2.05. The molecule has 0 spiro atoms. The Kier molecular flexibility index (Phi) is 2.59. The van der Waals surface area contributed by atoms with Crippen LogP contribution in [0.25, 0.3) is 0 Å². The van der Waals surface area contributed by atoms with Crippen LogP contribution in [0.5, 0.6) is 0 Å². The van der Waals surface area contributed by atoms with E-state index in [-0.39, 0.29) is 12.5 Å². The van der Waals surface area contributed by atoms with Gasteiger partial charge in [0.05, 0.1) is 6.61 Å². The Labute approximate surface area is 82.8 Å². The van der Waals surface area contributed by atoms with E-state index in [9.17, 15) is 4.79 Å². The predicted octanol–water partition coefficient (Wildman–Crippen LogP) is 1.41. The molecule has 0 amide bonds. The molecular weight excluding hydrogens is 178 g/mol. The molecule has 1 aliphatic carbocycles. The van der Waals surface area contributed by atoms with Crippen LogP contribution >= 0.6 is 0 Å². The quantitative estimate of drug-likeness (QED) is 0.769. The van der Waals surface area contributed by atoms with Crippen molar-refractivity contribution in [2.24, 2.45) is 0 Å².